The van der Waals surface area contributed by atoms with E-state index >= 15 is 0 Å². The summed E-state index contributed by atoms with van der Waals surface area (Å²) in [5, 5.41) is 6.43. The average Bonchev–Trinajstić information content (AvgIpc) is 1.65. The maximum absolute atomic E-state index is 3.26. The van der Waals surface area contributed by atoms with Crippen LogP contribution in [0.25, 0.3) is 0 Å². The van der Waals surface area contributed by atoms with Crippen molar-refractivity contribution in [1.82, 2.24) is 10.6 Å². The number of hydrogen-bond acceptors (Lipinski definition) is 2. The van der Waals surface area contributed by atoms with Crippen LogP contribution in [-0.4, -0.2) is 12.2 Å². The van der Waals surface area contributed by atoms with Crippen LogP contribution in [0.2, 0.25) is 0 Å². The zero-order valence-corrected chi connectivity index (χ0v) is 5.36. The second-order valence-corrected chi connectivity index (χ2v) is 2.55. The molecule has 1 aliphatic heterocycles. The van der Waals surface area contributed by atoms with E-state index < -0.39 is 0 Å². The Morgan fingerprint density at radius 2 is 2.25 bits per heavy atom. The van der Waals surface area contributed by atoms with Gasteiger partial charge >= 0.3 is 0 Å². The van der Waals surface area contributed by atoms with Crippen molar-refractivity contribution in [2.75, 3.05) is 6.54 Å². The lowest BCUT2D eigenvalue weighted by molar-refractivity contribution is 0.350. The van der Waals surface area contributed by atoms with Crippen molar-refractivity contribution in [3.63, 3.8) is 0 Å². The van der Waals surface area contributed by atoms with Gasteiger partial charge in [-0.2, -0.15) is 0 Å². The summed E-state index contributed by atoms with van der Waals surface area (Å²) < 4.78 is 0. The van der Waals surface area contributed by atoms with E-state index in [4.69, 9.17) is 0 Å². The van der Waals surface area contributed by atoms with Crippen molar-refractivity contribution in [2.24, 2.45) is 0 Å². The van der Waals surface area contributed by atoms with E-state index in [-0.39, 0.29) is 5.66 Å². The lowest BCUT2D eigenvalue weighted by atomic mass is 10.2. The predicted molar refractivity (Wildman–Crippen MR) is 34.4 cm³/mol. The molecule has 0 aliphatic carbocycles. The number of hydrogen-bond donors (Lipinski definition) is 2. The predicted octanol–water partition coefficient (Wildman–Crippen LogP) is 0.429. The first-order valence-corrected chi connectivity index (χ1v) is 2.88. The summed E-state index contributed by atoms with van der Waals surface area (Å²) in [7, 11) is 0. The first-order chi connectivity index (χ1) is 3.71. The van der Waals surface area contributed by atoms with E-state index in [9.17, 15) is 0 Å². The Bertz CT molecular complexity index is 105. The molecular weight excluding hydrogens is 100 g/mol. The van der Waals surface area contributed by atoms with E-state index in [1.54, 1.807) is 0 Å². The lowest BCUT2D eigenvalue weighted by Gasteiger charge is -2.29. The van der Waals surface area contributed by atoms with Crippen molar-refractivity contribution in [3.05, 3.63) is 12.3 Å². The Balaban J connectivity index is 2.50. The van der Waals surface area contributed by atoms with Gasteiger partial charge in [0.2, 0.25) is 0 Å². The summed E-state index contributed by atoms with van der Waals surface area (Å²) in [4.78, 5) is 0. The third-order valence-corrected chi connectivity index (χ3v) is 1.22. The molecule has 0 amide bonds. The van der Waals surface area contributed by atoms with Crippen molar-refractivity contribution in [3.8, 4) is 0 Å². The molecule has 0 saturated carbocycles. The highest BCUT2D eigenvalue weighted by Gasteiger charge is 2.14. The third-order valence-electron chi connectivity index (χ3n) is 1.22. The van der Waals surface area contributed by atoms with Crippen LogP contribution in [0.5, 0.6) is 0 Å². The standard InChI is InChI=1S/C6H12N2/c1-6(2)7-4-3-5-8-6/h3-4,7-8H,5H2,1-2H3. The van der Waals surface area contributed by atoms with Crippen LogP contribution in [0.3, 0.4) is 0 Å². The number of nitrogens with one attached hydrogen (secondary N) is 2. The summed E-state index contributed by atoms with van der Waals surface area (Å²) >= 11 is 0. The van der Waals surface area contributed by atoms with Gasteiger partial charge in [0.1, 0.15) is 0 Å². The van der Waals surface area contributed by atoms with Gasteiger partial charge < -0.3 is 5.32 Å². The van der Waals surface area contributed by atoms with Gasteiger partial charge in [-0.3, -0.25) is 5.32 Å². The van der Waals surface area contributed by atoms with E-state index in [0.29, 0.717) is 0 Å². The Morgan fingerprint density at radius 1 is 1.50 bits per heavy atom. The fraction of sp³-hybridized carbons (Fsp3) is 0.667. The van der Waals surface area contributed by atoms with Crippen LogP contribution < -0.4 is 10.6 Å². The highest BCUT2D eigenvalue weighted by molar-refractivity contribution is 4.94. The van der Waals surface area contributed by atoms with Crippen LogP contribution in [-0.2, 0) is 0 Å². The lowest BCUT2D eigenvalue weighted by Crippen LogP contribution is -2.51. The van der Waals surface area contributed by atoms with Crippen LogP contribution in [0.15, 0.2) is 12.3 Å². The molecule has 46 valence electrons. The molecule has 0 aromatic heterocycles. The molecule has 1 rings (SSSR count). The van der Waals surface area contributed by atoms with E-state index in [1.807, 2.05) is 6.20 Å². The first-order valence-electron chi connectivity index (χ1n) is 2.88. The zero-order chi connectivity index (χ0) is 6.04. The normalized spacial score (nSPS) is 24.8. The minimum Gasteiger partial charge on any atom is -0.374 e. The van der Waals surface area contributed by atoms with Gasteiger partial charge in [0.15, 0.2) is 0 Å². The van der Waals surface area contributed by atoms with Gasteiger partial charge in [0.25, 0.3) is 0 Å². The minimum atomic E-state index is 0.0920. The second-order valence-electron chi connectivity index (χ2n) is 2.55. The Hall–Kier alpha value is -0.500. The Kier molecular flexibility index (Phi) is 1.26. The molecule has 0 saturated heterocycles. The maximum Gasteiger partial charge on any atom is 0.0821 e. The molecule has 0 aromatic carbocycles. The summed E-state index contributed by atoms with van der Waals surface area (Å²) in [6.45, 7) is 5.19. The molecule has 2 N–H and O–H groups in total. The molecule has 8 heavy (non-hydrogen) atoms. The number of rotatable bonds is 0. The molecule has 1 aliphatic rings. The van der Waals surface area contributed by atoms with Crippen LogP contribution in [0, 0.1) is 0 Å². The second kappa shape index (κ2) is 1.78. The van der Waals surface area contributed by atoms with E-state index in [1.165, 1.54) is 0 Å². The van der Waals surface area contributed by atoms with Crippen molar-refractivity contribution in [2.45, 2.75) is 19.5 Å². The molecule has 2 nitrogen and oxygen atoms in total. The smallest absolute Gasteiger partial charge is 0.0821 e. The molecule has 0 unspecified atom stereocenters. The molecule has 0 radical (unpaired) electrons. The molecule has 0 atom stereocenters. The molecule has 0 bridgehead atoms. The van der Waals surface area contributed by atoms with Crippen LogP contribution in [0.4, 0.5) is 0 Å². The monoisotopic (exact) mass is 112 g/mol. The van der Waals surface area contributed by atoms with Gasteiger partial charge in [0.05, 0.1) is 5.66 Å². The first kappa shape index (κ1) is 5.63. The molecule has 0 fully saturated rings. The highest BCUT2D eigenvalue weighted by atomic mass is 15.2. The zero-order valence-electron chi connectivity index (χ0n) is 5.36. The topological polar surface area (TPSA) is 24.1 Å². The van der Waals surface area contributed by atoms with Gasteiger partial charge in [-0.25, -0.2) is 0 Å². The average molecular weight is 112 g/mol. The van der Waals surface area contributed by atoms with E-state index in [2.05, 4.69) is 30.6 Å². The van der Waals surface area contributed by atoms with Crippen molar-refractivity contribution < 1.29 is 0 Å². The molecule has 0 spiro atoms. The Labute approximate surface area is 50.0 Å². The van der Waals surface area contributed by atoms with Gasteiger partial charge in [-0.15, -0.1) is 0 Å². The third kappa shape index (κ3) is 1.23. The molecule has 0 aromatic rings. The molecule has 2 heteroatoms. The molecular formula is C6H12N2. The largest absolute Gasteiger partial charge is 0.374 e. The van der Waals surface area contributed by atoms with Crippen molar-refractivity contribution in [1.29, 1.82) is 0 Å². The highest BCUT2D eigenvalue weighted by Crippen LogP contribution is 1.98. The fourth-order valence-corrected chi connectivity index (χ4v) is 0.691. The summed E-state index contributed by atoms with van der Waals surface area (Å²) in [6, 6.07) is 0. The van der Waals surface area contributed by atoms with Gasteiger partial charge in [-0.05, 0) is 20.0 Å². The van der Waals surface area contributed by atoms with Crippen LogP contribution >= 0.6 is 0 Å². The summed E-state index contributed by atoms with van der Waals surface area (Å²) in [6.07, 6.45) is 4.04. The minimum absolute atomic E-state index is 0.0920. The summed E-state index contributed by atoms with van der Waals surface area (Å²) in [5.74, 6) is 0. The van der Waals surface area contributed by atoms with E-state index in [0.717, 1.165) is 6.54 Å². The van der Waals surface area contributed by atoms with Gasteiger partial charge in [0, 0.05) is 6.54 Å². The van der Waals surface area contributed by atoms with Crippen molar-refractivity contribution >= 4 is 0 Å². The fourth-order valence-electron chi connectivity index (χ4n) is 0.691. The quantitative estimate of drug-likeness (QED) is 0.475. The molecule has 1 heterocycles. The van der Waals surface area contributed by atoms with Gasteiger partial charge in [-0.1, -0.05) is 6.08 Å². The SMILES string of the molecule is CC1(C)NC=CCN1. The Morgan fingerprint density at radius 3 is 2.50 bits per heavy atom. The maximum atomic E-state index is 3.26. The summed E-state index contributed by atoms with van der Waals surface area (Å²) in [5.41, 5.74) is 0.0920. The van der Waals surface area contributed by atoms with Crippen LogP contribution in [0.1, 0.15) is 13.8 Å².